The highest BCUT2D eigenvalue weighted by atomic mass is 32.2. The SMILES string of the molecule is Cc1ccc(NS(=O)(=O)c2cc(C(=O)Nc3ccc(CSc4ccccc4)cc3)ccc2C)cc1C. The van der Waals surface area contributed by atoms with Crippen molar-refractivity contribution in [3.8, 4) is 0 Å². The molecule has 0 aliphatic carbocycles. The van der Waals surface area contributed by atoms with E-state index < -0.39 is 10.0 Å². The van der Waals surface area contributed by atoms with Gasteiger partial charge in [0.2, 0.25) is 0 Å². The fraction of sp³-hybridized carbons (Fsp3) is 0.138. The minimum Gasteiger partial charge on any atom is -0.322 e. The Kier molecular flexibility index (Phi) is 7.82. The number of benzene rings is 4. The minimum atomic E-state index is -3.87. The van der Waals surface area contributed by atoms with Crippen LogP contribution in [0.2, 0.25) is 0 Å². The maximum absolute atomic E-state index is 13.1. The lowest BCUT2D eigenvalue weighted by Crippen LogP contribution is -2.17. The number of anilines is 2. The summed E-state index contributed by atoms with van der Waals surface area (Å²) < 4.78 is 28.8. The Hall–Kier alpha value is -3.55. The number of thioether (sulfide) groups is 1. The van der Waals surface area contributed by atoms with E-state index in [2.05, 4.69) is 22.2 Å². The van der Waals surface area contributed by atoms with Crippen molar-refractivity contribution in [3.63, 3.8) is 0 Å². The standard InChI is InChI=1S/C29H28N2O3S2/c1-20-10-14-26(17-22(20)3)31-36(33,34)28-18-24(13-9-21(28)2)29(32)30-25-15-11-23(12-16-25)19-35-27-7-5-4-6-8-27/h4-18,31H,19H2,1-3H3,(H,30,32). The number of nitrogens with one attached hydrogen (secondary N) is 2. The molecule has 0 aromatic heterocycles. The predicted molar refractivity (Wildman–Crippen MR) is 148 cm³/mol. The molecule has 4 aromatic rings. The van der Waals surface area contributed by atoms with Crippen LogP contribution in [0.5, 0.6) is 0 Å². The zero-order valence-corrected chi connectivity index (χ0v) is 22.0. The van der Waals surface area contributed by atoms with Gasteiger partial charge in [0.15, 0.2) is 0 Å². The average Bonchev–Trinajstić information content (AvgIpc) is 2.86. The van der Waals surface area contributed by atoms with E-state index in [-0.39, 0.29) is 16.4 Å². The smallest absolute Gasteiger partial charge is 0.262 e. The van der Waals surface area contributed by atoms with Gasteiger partial charge in [-0.1, -0.05) is 42.5 Å². The van der Waals surface area contributed by atoms with Crippen LogP contribution < -0.4 is 10.0 Å². The number of hydrogen-bond acceptors (Lipinski definition) is 4. The van der Waals surface area contributed by atoms with Crippen molar-refractivity contribution in [2.75, 3.05) is 10.0 Å². The molecule has 0 unspecified atom stereocenters. The molecule has 2 N–H and O–H groups in total. The number of hydrogen-bond donors (Lipinski definition) is 2. The van der Waals surface area contributed by atoms with Gasteiger partial charge in [-0.25, -0.2) is 8.42 Å². The maximum Gasteiger partial charge on any atom is 0.262 e. The van der Waals surface area contributed by atoms with Crippen LogP contribution in [0, 0.1) is 20.8 Å². The molecule has 0 aliphatic rings. The van der Waals surface area contributed by atoms with Gasteiger partial charge in [-0.3, -0.25) is 9.52 Å². The molecule has 184 valence electrons. The van der Waals surface area contributed by atoms with Crippen molar-refractivity contribution in [3.05, 3.63) is 119 Å². The Bertz CT molecular complexity index is 1480. The Labute approximate surface area is 217 Å². The highest BCUT2D eigenvalue weighted by Crippen LogP contribution is 2.25. The lowest BCUT2D eigenvalue weighted by Gasteiger charge is -2.13. The van der Waals surface area contributed by atoms with Crippen molar-refractivity contribution in [1.82, 2.24) is 0 Å². The molecule has 0 heterocycles. The zero-order valence-electron chi connectivity index (χ0n) is 20.4. The summed E-state index contributed by atoms with van der Waals surface area (Å²) in [5, 5.41) is 2.86. The molecular formula is C29H28N2O3S2. The fourth-order valence-corrected chi connectivity index (χ4v) is 5.81. The molecule has 0 bridgehead atoms. The molecule has 0 saturated carbocycles. The molecule has 0 atom stereocenters. The van der Waals surface area contributed by atoms with Gasteiger partial charge in [0.25, 0.3) is 15.9 Å². The topological polar surface area (TPSA) is 75.3 Å². The molecule has 4 rings (SSSR count). The molecule has 1 amide bonds. The average molecular weight is 517 g/mol. The van der Waals surface area contributed by atoms with Gasteiger partial charge in [0.1, 0.15) is 0 Å². The van der Waals surface area contributed by atoms with E-state index in [1.165, 1.54) is 11.0 Å². The van der Waals surface area contributed by atoms with E-state index in [0.29, 0.717) is 16.9 Å². The largest absolute Gasteiger partial charge is 0.322 e. The molecule has 36 heavy (non-hydrogen) atoms. The van der Waals surface area contributed by atoms with E-state index in [4.69, 9.17) is 0 Å². The van der Waals surface area contributed by atoms with Crippen LogP contribution in [-0.4, -0.2) is 14.3 Å². The molecule has 0 spiro atoms. The summed E-state index contributed by atoms with van der Waals surface area (Å²) in [6, 6.07) is 27.9. The molecule has 4 aromatic carbocycles. The molecule has 0 radical (unpaired) electrons. The van der Waals surface area contributed by atoms with Crippen molar-refractivity contribution < 1.29 is 13.2 Å². The quantitative estimate of drug-likeness (QED) is 0.248. The third-order valence-corrected chi connectivity index (χ3v) is 8.47. The Morgan fingerprint density at radius 1 is 0.750 bits per heavy atom. The number of aryl methyl sites for hydroxylation is 3. The first-order chi connectivity index (χ1) is 17.2. The zero-order chi connectivity index (χ0) is 25.7. The number of sulfonamides is 1. The van der Waals surface area contributed by atoms with Gasteiger partial charge in [0.05, 0.1) is 4.90 Å². The van der Waals surface area contributed by atoms with Gasteiger partial charge >= 0.3 is 0 Å². The van der Waals surface area contributed by atoms with Crippen molar-refractivity contribution >= 4 is 39.1 Å². The van der Waals surface area contributed by atoms with Crippen LogP contribution in [0.15, 0.2) is 101 Å². The Balaban J connectivity index is 1.45. The molecule has 7 heteroatoms. The number of carbonyl (C=O) groups excluding carboxylic acids is 1. The van der Waals surface area contributed by atoms with Crippen molar-refractivity contribution in [2.45, 2.75) is 36.3 Å². The monoisotopic (exact) mass is 516 g/mol. The summed E-state index contributed by atoms with van der Waals surface area (Å²) in [5.74, 6) is 0.453. The second-order valence-corrected chi connectivity index (χ2v) is 11.3. The first-order valence-corrected chi connectivity index (χ1v) is 14.0. The van der Waals surface area contributed by atoms with Gasteiger partial charge < -0.3 is 5.32 Å². The normalized spacial score (nSPS) is 11.2. The summed E-state index contributed by atoms with van der Waals surface area (Å²) in [4.78, 5) is 14.2. The van der Waals surface area contributed by atoms with Crippen LogP contribution in [-0.2, 0) is 15.8 Å². The van der Waals surface area contributed by atoms with Crippen LogP contribution in [0.4, 0.5) is 11.4 Å². The summed E-state index contributed by atoms with van der Waals surface area (Å²) >= 11 is 1.75. The van der Waals surface area contributed by atoms with E-state index in [0.717, 1.165) is 22.4 Å². The molecule has 0 aliphatic heterocycles. The Morgan fingerprint density at radius 3 is 2.11 bits per heavy atom. The van der Waals surface area contributed by atoms with E-state index in [9.17, 15) is 13.2 Å². The lowest BCUT2D eigenvalue weighted by molar-refractivity contribution is 0.102. The number of amides is 1. The lowest BCUT2D eigenvalue weighted by atomic mass is 10.1. The second-order valence-electron chi connectivity index (χ2n) is 8.64. The van der Waals surface area contributed by atoms with Gasteiger partial charge in [-0.15, -0.1) is 11.8 Å². The van der Waals surface area contributed by atoms with E-state index in [1.807, 2.05) is 62.4 Å². The van der Waals surface area contributed by atoms with Gasteiger partial charge in [-0.05, 0) is 91.6 Å². The van der Waals surface area contributed by atoms with Gasteiger partial charge in [-0.2, -0.15) is 0 Å². The third-order valence-electron chi connectivity index (χ3n) is 5.86. The number of rotatable bonds is 8. The van der Waals surface area contributed by atoms with Crippen molar-refractivity contribution in [2.24, 2.45) is 0 Å². The highest BCUT2D eigenvalue weighted by molar-refractivity contribution is 7.98. The Morgan fingerprint density at radius 2 is 1.42 bits per heavy atom. The van der Waals surface area contributed by atoms with Crippen LogP contribution >= 0.6 is 11.8 Å². The maximum atomic E-state index is 13.1. The highest BCUT2D eigenvalue weighted by Gasteiger charge is 2.20. The summed E-state index contributed by atoms with van der Waals surface area (Å²) in [6.07, 6.45) is 0. The summed E-state index contributed by atoms with van der Waals surface area (Å²) in [7, 11) is -3.87. The minimum absolute atomic E-state index is 0.0710. The van der Waals surface area contributed by atoms with E-state index >= 15 is 0 Å². The second kappa shape index (κ2) is 11.0. The predicted octanol–water partition coefficient (Wildman–Crippen LogP) is 6.96. The van der Waals surface area contributed by atoms with Gasteiger partial charge in [0, 0.05) is 27.6 Å². The van der Waals surface area contributed by atoms with Crippen LogP contribution in [0.3, 0.4) is 0 Å². The molecule has 0 saturated heterocycles. The first kappa shape index (κ1) is 25.5. The van der Waals surface area contributed by atoms with Crippen LogP contribution in [0.1, 0.15) is 32.6 Å². The van der Waals surface area contributed by atoms with E-state index in [1.54, 1.807) is 43.0 Å². The first-order valence-electron chi connectivity index (χ1n) is 11.5. The summed E-state index contributed by atoms with van der Waals surface area (Å²) in [5.41, 5.74) is 5.17. The molecule has 5 nitrogen and oxygen atoms in total. The van der Waals surface area contributed by atoms with Crippen LogP contribution in [0.25, 0.3) is 0 Å². The fourth-order valence-electron chi connectivity index (χ4n) is 3.62. The van der Waals surface area contributed by atoms with Crippen molar-refractivity contribution in [1.29, 1.82) is 0 Å². The third kappa shape index (κ3) is 6.36. The molecule has 0 fully saturated rings. The number of carbonyl (C=O) groups is 1. The molecular weight excluding hydrogens is 488 g/mol. The summed E-state index contributed by atoms with van der Waals surface area (Å²) in [6.45, 7) is 5.61.